The van der Waals surface area contributed by atoms with Gasteiger partial charge in [-0.1, -0.05) is 18.2 Å². The van der Waals surface area contributed by atoms with Gasteiger partial charge in [-0.05, 0) is 35.9 Å². The normalized spacial score (nSPS) is 19.8. The molecule has 122 valence electrons. The van der Waals surface area contributed by atoms with Crippen molar-refractivity contribution in [3.05, 3.63) is 59.2 Å². The van der Waals surface area contributed by atoms with Crippen molar-refractivity contribution in [2.45, 2.75) is 4.90 Å². The molecule has 0 unspecified atom stereocenters. The average molecular weight is 342 g/mol. The Morgan fingerprint density at radius 3 is 2.54 bits per heavy atom. The largest absolute Gasteiger partial charge is 0.486 e. The van der Waals surface area contributed by atoms with Crippen LogP contribution in [0.3, 0.4) is 0 Å². The van der Waals surface area contributed by atoms with Crippen molar-refractivity contribution in [1.29, 1.82) is 0 Å². The highest BCUT2D eigenvalue weighted by Gasteiger charge is 2.32. The van der Waals surface area contributed by atoms with E-state index in [1.54, 1.807) is 42.5 Å². The third-order valence-corrected chi connectivity index (χ3v) is 5.73. The van der Waals surface area contributed by atoms with Crippen LogP contribution in [-0.2, 0) is 9.84 Å². The monoisotopic (exact) mass is 342 g/mol. The summed E-state index contributed by atoms with van der Waals surface area (Å²) in [4.78, 5) is 12.7. The third-order valence-electron chi connectivity index (χ3n) is 4.01. The highest BCUT2D eigenvalue weighted by molar-refractivity contribution is 7.91. The SMILES string of the molecule is O=C1/C(=C\c2ccc3c(c2)OCCO3)CS(=O)(=O)c2ccccc21. The van der Waals surface area contributed by atoms with Gasteiger partial charge in [0, 0.05) is 11.1 Å². The summed E-state index contributed by atoms with van der Waals surface area (Å²) in [5.41, 5.74) is 1.19. The topological polar surface area (TPSA) is 69.7 Å². The first kappa shape index (κ1) is 15.0. The van der Waals surface area contributed by atoms with Crippen molar-refractivity contribution in [2.75, 3.05) is 19.0 Å². The van der Waals surface area contributed by atoms with Crippen molar-refractivity contribution in [3.63, 3.8) is 0 Å². The van der Waals surface area contributed by atoms with Crippen molar-refractivity contribution in [2.24, 2.45) is 0 Å². The summed E-state index contributed by atoms with van der Waals surface area (Å²) in [5, 5.41) is 0. The fourth-order valence-corrected chi connectivity index (χ4v) is 4.47. The van der Waals surface area contributed by atoms with Gasteiger partial charge in [0.2, 0.25) is 0 Å². The molecule has 0 bridgehead atoms. The van der Waals surface area contributed by atoms with Crippen molar-refractivity contribution >= 4 is 21.7 Å². The molecular formula is C18H14O5S. The number of Topliss-reactive ketones (excluding diaryl/α,β-unsaturated/α-hetero) is 1. The van der Waals surface area contributed by atoms with Crippen LogP contribution >= 0.6 is 0 Å². The molecule has 0 saturated carbocycles. The molecule has 2 heterocycles. The zero-order valence-electron chi connectivity index (χ0n) is 12.7. The Morgan fingerprint density at radius 1 is 0.958 bits per heavy atom. The van der Waals surface area contributed by atoms with Crippen molar-refractivity contribution in [1.82, 2.24) is 0 Å². The first-order valence-corrected chi connectivity index (χ1v) is 9.16. The standard InChI is InChI=1S/C18H14O5S/c19-18-13(11-24(20,21)17-4-2-1-3-14(17)18)9-12-5-6-15-16(10-12)23-8-7-22-15/h1-6,9-10H,7-8,11H2/b13-9-. The van der Waals surface area contributed by atoms with Gasteiger partial charge in [0.15, 0.2) is 27.1 Å². The van der Waals surface area contributed by atoms with Gasteiger partial charge in [0.25, 0.3) is 0 Å². The van der Waals surface area contributed by atoms with E-state index in [1.807, 2.05) is 0 Å². The Hall–Kier alpha value is -2.60. The summed E-state index contributed by atoms with van der Waals surface area (Å²) in [6.45, 7) is 0.967. The van der Waals surface area contributed by atoms with Crippen LogP contribution in [-0.4, -0.2) is 33.2 Å². The Kier molecular flexibility index (Phi) is 3.42. The molecule has 2 aliphatic rings. The molecule has 5 nitrogen and oxygen atoms in total. The third kappa shape index (κ3) is 2.49. The minimum absolute atomic E-state index is 0.106. The number of benzene rings is 2. The maximum absolute atomic E-state index is 12.6. The number of fused-ring (bicyclic) bond motifs is 2. The van der Waals surface area contributed by atoms with Crippen LogP contribution in [0.15, 0.2) is 52.9 Å². The van der Waals surface area contributed by atoms with Gasteiger partial charge >= 0.3 is 0 Å². The van der Waals surface area contributed by atoms with Crippen LogP contribution in [0.2, 0.25) is 0 Å². The van der Waals surface area contributed by atoms with Crippen LogP contribution in [0.4, 0.5) is 0 Å². The summed E-state index contributed by atoms with van der Waals surface area (Å²) in [6.07, 6.45) is 1.61. The predicted molar refractivity (Wildman–Crippen MR) is 88.2 cm³/mol. The summed E-state index contributed by atoms with van der Waals surface area (Å²) in [7, 11) is -3.51. The number of ketones is 1. The van der Waals surface area contributed by atoms with Crippen LogP contribution in [0.5, 0.6) is 11.5 Å². The highest BCUT2D eigenvalue weighted by Crippen LogP contribution is 2.33. The van der Waals surface area contributed by atoms with Crippen molar-refractivity contribution < 1.29 is 22.7 Å². The van der Waals surface area contributed by atoms with Gasteiger partial charge in [-0.15, -0.1) is 0 Å². The first-order chi connectivity index (χ1) is 11.5. The Labute approximate surface area is 139 Å². The quantitative estimate of drug-likeness (QED) is 0.745. The van der Waals surface area contributed by atoms with Crippen LogP contribution in [0.1, 0.15) is 15.9 Å². The number of rotatable bonds is 1. The van der Waals surface area contributed by atoms with Crippen LogP contribution in [0, 0.1) is 0 Å². The second kappa shape index (κ2) is 5.49. The van der Waals surface area contributed by atoms with Crippen LogP contribution in [0.25, 0.3) is 6.08 Å². The summed E-state index contributed by atoms with van der Waals surface area (Å²) >= 11 is 0. The molecular weight excluding hydrogens is 328 g/mol. The smallest absolute Gasteiger partial charge is 0.191 e. The number of hydrogen-bond acceptors (Lipinski definition) is 5. The number of sulfone groups is 1. The minimum atomic E-state index is -3.51. The number of ether oxygens (including phenoxy) is 2. The van der Waals surface area contributed by atoms with Crippen molar-refractivity contribution in [3.8, 4) is 11.5 Å². The minimum Gasteiger partial charge on any atom is -0.486 e. The molecule has 0 aliphatic carbocycles. The molecule has 0 N–H and O–H groups in total. The molecule has 0 aromatic heterocycles. The first-order valence-electron chi connectivity index (χ1n) is 7.51. The summed E-state index contributed by atoms with van der Waals surface area (Å²) in [5.74, 6) is 0.700. The van der Waals surface area contributed by atoms with Gasteiger partial charge in [-0.2, -0.15) is 0 Å². The molecule has 4 rings (SSSR count). The molecule has 2 aromatic carbocycles. The lowest BCUT2D eigenvalue weighted by Crippen LogP contribution is -2.24. The molecule has 0 radical (unpaired) electrons. The molecule has 0 fully saturated rings. The predicted octanol–water partition coefficient (Wildman–Crippen LogP) is 2.51. The van der Waals surface area contributed by atoms with E-state index in [0.717, 1.165) is 0 Å². The van der Waals surface area contributed by atoms with Crippen LogP contribution < -0.4 is 9.47 Å². The number of hydrogen-bond donors (Lipinski definition) is 0. The van der Waals surface area contributed by atoms with E-state index in [0.29, 0.717) is 30.3 Å². The molecule has 2 aliphatic heterocycles. The molecule has 0 atom stereocenters. The highest BCUT2D eigenvalue weighted by atomic mass is 32.2. The second-order valence-corrected chi connectivity index (χ2v) is 7.62. The number of carbonyl (C=O) groups excluding carboxylic acids is 1. The van der Waals surface area contributed by atoms with E-state index < -0.39 is 9.84 Å². The van der Waals surface area contributed by atoms with E-state index in [9.17, 15) is 13.2 Å². The Bertz CT molecular complexity index is 973. The van der Waals surface area contributed by atoms with Gasteiger partial charge < -0.3 is 9.47 Å². The molecule has 24 heavy (non-hydrogen) atoms. The maximum atomic E-state index is 12.6. The van der Waals surface area contributed by atoms with Gasteiger partial charge in [0.1, 0.15) is 13.2 Å². The average Bonchev–Trinajstić information content (AvgIpc) is 2.59. The maximum Gasteiger partial charge on any atom is 0.191 e. The van der Waals surface area contributed by atoms with Gasteiger partial charge in [0.05, 0.1) is 10.6 Å². The van der Waals surface area contributed by atoms with E-state index in [1.165, 1.54) is 6.07 Å². The zero-order valence-corrected chi connectivity index (χ0v) is 13.5. The lowest BCUT2D eigenvalue weighted by Gasteiger charge is -2.19. The van der Waals surface area contributed by atoms with E-state index in [-0.39, 0.29) is 27.6 Å². The van der Waals surface area contributed by atoms with Gasteiger partial charge in [-0.25, -0.2) is 8.42 Å². The Balaban J connectivity index is 1.77. The fraction of sp³-hybridized carbons (Fsp3) is 0.167. The molecule has 0 amide bonds. The zero-order chi connectivity index (χ0) is 16.7. The summed E-state index contributed by atoms with van der Waals surface area (Å²) < 4.78 is 35.8. The molecule has 0 saturated heterocycles. The number of carbonyl (C=O) groups is 1. The molecule has 0 spiro atoms. The van der Waals surface area contributed by atoms with E-state index in [4.69, 9.17) is 9.47 Å². The summed E-state index contributed by atoms with van der Waals surface area (Å²) in [6, 6.07) is 11.6. The van der Waals surface area contributed by atoms with Gasteiger partial charge in [-0.3, -0.25) is 4.79 Å². The lowest BCUT2D eigenvalue weighted by molar-refractivity contribution is 0.103. The lowest BCUT2D eigenvalue weighted by atomic mass is 10.0. The second-order valence-electron chi connectivity index (χ2n) is 5.66. The molecule has 2 aromatic rings. The molecule has 6 heteroatoms. The van der Waals surface area contributed by atoms with E-state index in [2.05, 4.69) is 0 Å². The van der Waals surface area contributed by atoms with E-state index >= 15 is 0 Å². The fourth-order valence-electron chi connectivity index (χ4n) is 2.90. The Morgan fingerprint density at radius 2 is 1.71 bits per heavy atom.